The van der Waals surface area contributed by atoms with Crippen molar-refractivity contribution in [2.45, 2.75) is 6.54 Å². The van der Waals surface area contributed by atoms with Gasteiger partial charge in [0.2, 0.25) is 0 Å². The molecule has 0 atom stereocenters. The number of rotatable bonds is 4. The number of imide groups is 1. The smallest absolute Gasteiger partial charge is 0.293 e. The van der Waals surface area contributed by atoms with E-state index in [0.717, 1.165) is 27.4 Å². The normalized spacial score (nSPS) is 16.1. The number of methoxy groups -OCH3 is 1. The van der Waals surface area contributed by atoms with Crippen molar-refractivity contribution >= 4 is 44.9 Å². The Balaban J connectivity index is 1.80. The molecule has 0 aromatic heterocycles. The molecule has 0 radical (unpaired) electrons. The van der Waals surface area contributed by atoms with E-state index < -0.39 is 0 Å². The molecule has 2 aromatic carbocycles. The molecule has 122 valence electrons. The van der Waals surface area contributed by atoms with Gasteiger partial charge in [0.25, 0.3) is 11.1 Å². The third-order valence-corrected chi connectivity index (χ3v) is 4.96. The van der Waals surface area contributed by atoms with Gasteiger partial charge in [-0.05, 0) is 53.2 Å². The lowest BCUT2D eigenvalue weighted by Gasteiger charge is -2.12. The van der Waals surface area contributed by atoms with Crippen LogP contribution in [0.25, 0.3) is 6.08 Å². The van der Waals surface area contributed by atoms with Gasteiger partial charge < -0.3 is 4.74 Å². The predicted molar refractivity (Wildman–Crippen MR) is 98.7 cm³/mol. The number of ether oxygens (including phenoxy) is 1. The fourth-order valence-corrected chi connectivity index (χ4v) is 3.39. The summed E-state index contributed by atoms with van der Waals surface area (Å²) in [7, 11) is 1.59. The third-order valence-electron chi connectivity index (χ3n) is 3.52. The van der Waals surface area contributed by atoms with Gasteiger partial charge in [0.1, 0.15) is 5.75 Å². The first-order valence-corrected chi connectivity index (χ1v) is 8.81. The van der Waals surface area contributed by atoms with Crippen molar-refractivity contribution in [3.8, 4) is 5.75 Å². The van der Waals surface area contributed by atoms with E-state index >= 15 is 0 Å². The summed E-state index contributed by atoms with van der Waals surface area (Å²) in [6.45, 7) is 0.271. The molecule has 24 heavy (non-hydrogen) atoms. The lowest BCUT2D eigenvalue weighted by molar-refractivity contribution is -0.123. The van der Waals surface area contributed by atoms with Crippen LogP contribution in [-0.4, -0.2) is 23.2 Å². The quantitative estimate of drug-likeness (QED) is 0.694. The highest BCUT2D eigenvalue weighted by Crippen LogP contribution is 2.33. The molecule has 2 amide bonds. The summed E-state index contributed by atoms with van der Waals surface area (Å²) in [5.74, 6) is 0.438. The monoisotopic (exact) mass is 403 g/mol. The average Bonchev–Trinajstić information content (AvgIpc) is 2.84. The molecule has 0 unspecified atom stereocenters. The van der Waals surface area contributed by atoms with Crippen LogP contribution >= 0.6 is 27.7 Å². The topological polar surface area (TPSA) is 46.6 Å². The van der Waals surface area contributed by atoms with Gasteiger partial charge in [-0.1, -0.05) is 40.2 Å². The van der Waals surface area contributed by atoms with Crippen LogP contribution in [0.15, 0.2) is 57.9 Å². The third kappa shape index (κ3) is 3.71. The highest BCUT2D eigenvalue weighted by atomic mass is 79.9. The molecule has 0 N–H and O–H groups in total. The molecule has 0 aliphatic carbocycles. The number of hydrogen-bond donors (Lipinski definition) is 0. The van der Waals surface area contributed by atoms with Crippen LogP contribution in [-0.2, 0) is 11.3 Å². The van der Waals surface area contributed by atoms with Gasteiger partial charge in [-0.3, -0.25) is 14.5 Å². The second kappa shape index (κ2) is 7.23. The largest absolute Gasteiger partial charge is 0.497 e. The molecule has 6 heteroatoms. The van der Waals surface area contributed by atoms with Gasteiger partial charge in [0, 0.05) is 4.47 Å². The van der Waals surface area contributed by atoms with Crippen molar-refractivity contribution in [2.75, 3.05) is 7.11 Å². The molecular formula is C18H14BrNO3S. The Bertz CT molecular complexity index is 817. The SMILES string of the molecule is COc1cccc(/C=C2\SC(=O)N(Cc3ccc(Br)cc3)C2=O)c1. The van der Waals surface area contributed by atoms with Crippen LogP contribution in [0, 0.1) is 0 Å². The van der Waals surface area contributed by atoms with E-state index in [0.29, 0.717) is 10.7 Å². The number of nitrogens with zero attached hydrogens (tertiary/aromatic N) is 1. The number of thioether (sulfide) groups is 1. The zero-order valence-electron chi connectivity index (χ0n) is 12.9. The highest BCUT2D eigenvalue weighted by Gasteiger charge is 2.34. The minimum absolute atomic E-state index is 0.253. The lowest BCUT2D eigenvalue weighted by Crippen LogP contribution is -2.27. The number of halogens is 1. The van der Waals surface area contributed by atoms with Gasteiger partial charge >= 0.3 is 0 Å². The van der Waals surface area contributed by atoms with Crippen molar-refractivity contribution in [1.82, 2.24) is 4.90 Å². The van der Waals surface area contributed by atoms with Crippen LogP contribution in [0.3, 0.4) is 0 Å². The first kappa shape index (κ1) is 16.8. The van der Waals surface area contributed by atoms with Crippen molar-refractivity contribution in [1.29, 1.82) is 0 Å². The van der Waals surface area contributed by atoms with Crippen LogP contribution in [0.2, 0.25) is 0 Å². The van der Waals surface area contributed by atoms with Crippen LogP contribution < -0.4 is 4.74 Å². The maximum absolute atomic E-state index is 12.5. The standard InChI is InChI=1S/C18H14BrNO3S/c1-23-15-4-2-3-13(9-15)10-16-17(21)20(18(22)24-16)11-12-5-7-14(19)8-6-12/h2-10H,11H2,1H3/b16-10-. The Morgan fingerprint density at radius 2 is 1.92 bits per heavy atom. The number of amides is 2. The summed E-state index contributed by atoms with van der Waals surface area (Å²) < 4.78 is 6.13. The summed E-state index contributed by atoms with van der Waals surface area (Å²) in [5, 5.41) is -0.253. The minimum Gasteiger partial charge on any atom is -0.497 e. The van der Waals surface area contributed by atoms with E-state index in [9.17, 15) is 9.59 Å². The number of benzene rings is 2. The second-order valence-electron chi connectivity index (χ2n) is 5.17. The molecule has 1 heterocycles. The van der Waals surface area contributed by atoms with Gasteiger partial charge in [0.15, 0.2) is 0 Å². The Kier molecular flexibility index (Phi) is 5.06. The average molecular weight is 404 g/mol. The second-order valence-corrected chi connectivity index (χ2v) is 7.08. The van der Waals surface area contributed by atoms with Crippen molar-refractivity contribution in [3.63, 3.8) is 0 Å². The zero-order chi connectivity index (χ0) is 17.1. The van der Waals surface area contributed by atoms with Gasteiger partial charge in [-0.2, -0.15) is 0 Å². The fraction of sp³-hybridized carbons (Fsp3) is 0.111. The molecule has 3 rings (SSSR count). The van der Waals surface area contributed by atoms with Crippen molar-refractivity contribution in [2.24, 2.45) is 0 Å². The molecule has 1 aliphatic heterocycles. The maximum Gasteiger partial charge on any atom is 0.293 e. The minimum atomic E-state index is -0.268. The van der Waals surface area contributed by atoms with Gasteiger partial charge in [0.05, 0.1) is 18.6 Å². The first-order valence-electron chi connectivity index (χ1n) is 7.20. The summed E-state index contributed by atoms with van der Waals surface area (Å²) >= 11 is 4.33. The lowest BCUT2D eigenvalue weighted by atomic mass is 10.2. The van der Waals surface area contributed by atoms with Gasteiger partial charge in [-0.25, -0.2) is 0 Å². The van der Waals surface area contributed by atoms with Gasteiger partial charge in [-0.15, -0.1) is 0 Å². The molecule has 0 spiro atoms. The molecule has 1 saturated heterocycles. The van der Waals surface area contributed by atoms with E-state index in [-0.39, 0.29) is 17.7 Å². The van der Waals surface area contributed by atoms with Crippen molar-refractivity contribution < 1.29 is 14.3 Å². The van der Waals surface area contributed by atoms with Crippen LogP contribution in [0.4, 0.5) is 4.79 Å². The predicted octanol–water partition coefficient (Wildman–Crippen LogP) is 4.69. The summed E-state index contributed by atoms with van der Waals surface area (Å²) in [4.78, 5) is 26.4. The summed E-state index contributed by atoms with van der Waals surface area (Å²) in [5.41, 5.74) is 1.73. The Labute approximate surface area is 152 Å². The molecule has 2 aromatic rings. The molecule has 1 fully saturated rings. The Hall–Kier alpha value is -2.05. The van der Waals surface area contributed by atoms with E-state index in [4.69, 9.17) is 4.74 Å². The van der Waals surface area contributed by atoms with Crippen LogP contribution in [0.1, 0.15) is 11.1 Å². The van der Waals surface area contributed by atoms with E-state index in [1.165, 1.54) is 4.90 Å². The first-order chi connectivity index (χ1) is 11.6. The molecule has 0 bridgehead atoms. The van der Waals surface area contributed by atoms with E-state index in [1.54, 1.807) is 13.2 Å². The molecule has 4 nitrogen and oxygen atoms in total. The van der Waals surface area contributed by atoms with E-state index in [2.05, 4.69) is 15.9 Å². The van der Waals surface area contributed by atoms with Crippen molar-refractivity contribution in [3.05, 3.63) is 69.0 Å². The maximum atomic E-state index is 12.5. The Morgan fingerprint density at radius 3 is 2.62 bits per heavy atom. The highest BCUT2D eigenvalue weighted by molar-refractivity contribution is 9.10. The number of carbonyl (C=O) groups is 2. The van der Waals surface area contributed by atoms with Crippen LogP contribution in [0.5, 0.6) is 5.75 Å². The Morgan fingerprint density at radius 1 is 1.17 bits per heavy atom. The summed E-state index contributed by atoms with van der Waals surface area (Å²) in [6.07, 6.45) is 1.72. The van der Waals surface area contributed by atoms with E-state index in [1.807, 2.05) is 48.5 Å². The summed E-state index contributed by atoms with van der Waals surface area (Å²) in [6, 6.07) is 14.9. The number of carbonyl (C=O) groups excluding carboxylic acids is 2. The fourth-order valence-electron chi connectivity index (χ4n) is 2.29. The molecule has 1 aliphatic rings. The molecular weight excluding hydrogens is 390 g/mol. The molecule has 0 saturated carbocycles. The number of hydrogen-bond acceptors (Lipinski definition) is 4. The zero-order valence-corrected chi connectivity index (χ0v) is 15.3.